The molecule has 0 fully saturated rings. The van der Waals surface area contributed by atoms with E-state index in [-0.39, 0.29) is 17.0 Å². The summed E-state index contributed by atoms with van der Waals surface area (Å²) in [5.41, 5.74) is 3.90. The van der Waals surface area contributed by atoms with Crippen LogP contribution in [0.4, 0.5) is 0 Å². The SMILES string of the molecule is CC(Br)C(=O)c1ccc(Cl)cc1.CC1(O)OC(=O)C(c2ccsc2)=C1c1ccc(Cl)cc1.O=C(O)Cc1ccsc1. The normalized spacial score (nSPS) is 16.6. The molecular formula is C30H25BrCl2O6S2. The van der Waals surface area contributed by atoms with Gasteiger partial charge in [-0.3, -0.25) is 9.59 Å². The molecule has 2 N–H and O–H groups in total. The zero-order chi connectivity index (χ0) is 30.2. The third kappa shape index (κ3) is 9.36. The van der Waals surface area contributed by atoms with Crippen molar-refractivity contribution in [1.82, 2.24) is 0 Å². The minimum Gasteiger partial charge on any atom is -0.481 e. The first-order valence-electron chi connectivity index (χ1n) is 12.0. The molecule has 0 bridgehead atoms. The van der Waals surface area contributed by atoms with Crippen molar-refractivity contribution in [1.29, 1.82) is 0 Å². The van der Waals surface area contributed by atoms with E-state index < -0.39 is 17.7 Å². The quantitative estimate of drug-likeness (QED) is 0.120. The van der Waals surface area contributed by atoms with Gasteiger partial charge in [0.05, 0.1) is 16.8 Å². The number of ether oxygens (including phenoxy) is 1. The third-order valence-electron chi connectivity index (χ3n) is 5.58. The first-order valence-corrected chi connectivity index (χ1v) is 15.6. The Bertz CT molecular complexity index is 1500. The monoisotopic (exact) mass is 694 g/mol. The highest BCUT2D eigenvalue weighted by molar-refractivity contribution is 9.10. The lowest BCUT2D eigenvalue weighted by Gasteiger charge is -2.19. The number of hydrogen-bond donors (Lipinski definition) is 2. The van der Waals surface area contributed by atoms with Crippen LogP contribution in [0.1, 0.15) is 40.9 Å². The molecule has 214 valence electrons. The van der Waals surface area contributed by atoms with Gasteiger partial charge in [0.1, 0.15) is 0 Å². The summed E-state index contributed by atoms with van der Waals surface area (Å²) in [6.45, 7) is 3.27. The lowest BCUT2D eigenvalue weighted by Crippen LogP contribution is -2.26. The van der Waals surface area contributed by atoms with Crippen LogP contribution >= 0.6 is 61.8 Å². The zero-order valence-corrected chi connectivity index (χ0v) is 26.6. The molecule has 11 heteroatoms. The number of halogens is 3. The average Bonchev–Trinajstić information content (AvgIpc) is 3.66. The van der Waals surface area contributed by atoms with Crippen molar-refractivity contribution in [2.24, 2.45) is 0 Å². The molecule has 41 heavy (non-hydrogen) atoms. The number of cyclic esters (lactones) is 1. The molecule has 2 aromatic heterocycles. The molecule has 1 aliphatic heterocycles. The van der Waals surface area contributed by atoms with E-state index in [2.05, 4.69) is 15.9 Å². The Kier molecular flexibility index (Phi) is 11.9. The molecule has 0 aliphatic carbocycles. The van der Waals surface area contributed by atoms with Gasteiger partial charge in [-0.25, -0.2) is 4.79 Å². The zero-order valence-electron chi connectivity index (χ0n) is 21.8. The fourth-order valence-electron chi connectivity index (χ4n) is 3.73. The number of esters is 1. The second-order valence-electron chi connectivity index (χ2n) is 8.83. The summed E-state index contributed by atoms with van der Waals surface area (Å²) in [4.78, 5) is 33.4. The van der Waals surface area contributed by atoms with E-state index in [0.717, 1.165) is 11.1 Å². The Morgan fingerprint density at radius 1 is 0.927 bits per heavy atom. The molecule has 1 aliphatic rings. The number of alkyl halides is 1. The van der Waals surface area contributed by atoms with Crippen LogP contribution in [0.25, 0.3) is 11.1 Å². The molecule has 0 spiro atoms. The molecule has 0 saturated heterocycles. The smallest absolute Gasteiger partial charge is 0.342 e. The van der Waals surface area contributed by atoms with Gasteiger partial charge in [0.15, 0.2) is 5.78 Å². The van der Waals surface area contributed by atoms with Crippen LogP contribution < -0.4 is 0 Å². The van der Waals surface area contributed by atoms with Crippen molar-refractivity contribution < 1.29 is 29.3 Å². The number of carbonyl (C=O) groups is 3. The molecule has 0 amide bonds. The number of thiophene rings is 2. The van der Waals surface area contributed by atoms with Crippen molar-refractivity contribution >= 4 is 90.7 Å². The number of benzene rings is 2. The van der Waals surface area contributed by atoms with E-state index in [9.17, 15) is 19.5 Å². The van der Waals surface area contributed by atoms with Gasteiger partial charge in [-0.15, -0.1) is 0 Å². The Balaban J connectivity index is 0.000000187. The van der Waals surface area contributed by atoms with Crippen molar-refractivity contribution in [2.75, 3.05) is 0 Å². The van der Waals surface area contributed by atoms with Gasteiger partial charge in [-0.1, -0.05) is 51.3 Å². The summed E-state index contributed by atoms with van der Waals surface area (Å²) < 4.78 is 5.10. The predicted octanol–water partition coefficient (Wildman–Crippen LogP) is 8.26. The Hall–Kier alpha value is -2.79. The van der Waals surface area contributed by atoms with Gasteiger partial charge in [-0.05, 0) is 88.1 Å². The van der Waals surface area contributed by atoms with E-state index >= 15 is 0 Å². The molecule has 2 atom stereocenters. The average molecular weight is 696 g/mol. The van der Waals surface area contributed by atoms with E-state index in [0.29, 0.717) is 32.3 Å². The van der Waals surface area contributed by atoms with Gasteiger partial charge >= 0.3 is 11.9 Å². The number of ketones is 1. The maximum absolute atomic E-state index is 12.1. The number of carbonyl (C=O) groups excluding carboxylic acids is 2. The van der Waals surface area contributed by atoms with Gasteiger partial charge < -0.3 is 14.9 Å². The van der Waals surface area contributed by atoms with Crippen LogP contribution in [0.5, 0.6) is 0 Å². The summed E-state index contributed by atoms with van der Waals surface area (Å²) in [7, 11) is 0. The first-order chi connectivity index (χ1) is 19.4. The van der Waals surface area contributed by atoms with Crippen molar-refractivity contribution in [2.45, 2.75) is 30.9 Å². The number of aliphatic hydroxyl groups is 1. The van der Waals surface area contributed by atoms with Crippen molar-refractivity contribution in [3.63, 3.8) is 0 Å². The Morgan fingerprint density at radius 2 is 1.49 bits per heavy atom. The lowest BCUT2D eigenvalue weighted by molar-refractivity contribution is -0.169. The summed E-state index contributed by atoms with van der Waals surface area (Å²) >= 11 is 17.8. The molecule has 6 nitrogen and oxygen atoms in total. The van der Waals surface area contributed by atoms with Gasteiger partial charge in [0.25, 0.3) is 0 Å². The molecule has 0 saturated carbocycles. The Morgan fingerprint density at radius 3 is 1.98 bits per heavy atom. The van der Waals surface area contributed by atoms with Crippen LogP contribution in [0.15, 0.2) is 82.2 Å². The number of carboxylic acids is 1. The van der Waals surface area contributed by atoms with Crippen LogP contribution in [-0.4, -0.2) is 38.5 Å². The number of aliphatic carboxylic acids is 1. The molecule has 3 heterocycles. The fourth-order valence-corrected chi connectivity index (χ4v) is 5.56. The summed E-state index contributed by atoms with van der Waals surface area (Å²) in [6.07, 6.45) is 0.142. The van der Waals surface area contributed by atoms with Crippen LogP contribution in [0.2, 0.25) is 10.0 Å². The van der Waals surface area contributed by atoms with Crippen molar-refractivity contribution in [3.05, 3.63) is 114 Å². The van der Waals surface area contributed by atoms with Crippen LogP contribution in [0.3, 0.4) is 0 Å². The van der Waals surface area contributed by atoms with E-state index in [1.54, 1.807) is 55.5 Å². The summed E-state index contributed by atoms with van der Waals surface area (Å²) in [6, 6.07) is 17.5. The van der Waals surface area contributed by atoms with Crippen molar-refractivity contribution in [3.8, 4) is 0 Å². The number of rotatable bonds is 6. The maximum atomic E-state index is 12.1. The third-order valence-corrected chi connectivity index (χ3v) is 7.91. The predicted molar refractivity (Wildman–Crippen MR) is 169 cm³/mol. The summed E-state index contributed by atoms with van der Waals surface area (Å²) in [5, 5.41) is 27.4. The minimum atomic E-state index is -1.64. The summed E-state index contributed by atoms with van der Waals surface area (Å²) in [5.74, 6) is -2.85. The van der Waals surface area contributed by atoms with Crippen LogP contribution in [-0.2, 0) is 20.7 Å². The molecule has 2 aromatic carbocycles. The fraction of sp³-hybridized carbons (Fsp3) is 0.167. The topological polar surface area (TPSA) is 101 Å². The highest BCUT2D eigenvalue weighted by Gasteiger charge is 2.43. The molecular weight excluding hydrogens is 671 g/mol. The second kappa shape index (κ2) is 14.9. The van der Waals surface area contributed by atoms with Gasteiger partial charge in [0, 0.05) is 33.7 Å². The molecule has 4 aromatic rings. The maximum Gasteiger partial charge on any atom is 0.342 e. The highest BCUT2D eigenvalue weighted by atomic mass is 79.9. The number of Topliss-reactive ketones (excluding diaryl/α,β-unsaturated/α-hetero) is 1. The second-order valence-corrected chi connectivity index (χ2v) is 12.6. The van der Waals surface area contributed by atoms with Gasteiger partial charge in [-0.2, -0.15) is 22.7 Å². The van der Waals surface area contributed by atoms with E-state index in [1.165, 1.54) is 29.6 Å². The molecule has 2 unspecified atom stereocenters. The molecule has 0 radical (unpaired) electrons. The number of carboxylic acid groups (broad SMARTS) is 1. The Labute approximate surface area is 264 Å². The van der Waals surface area contributed by atoms with E-state index in [1.807, 2.05) is 33.7 Å². The number of hydrogen-bond acceptors (Lipinski definition) is 7. The first kappa shape index (κ1) is 32.7. The molecule has 5 rings (SSSR count). The largest absolute Gasteiger partial charge is 0.481 e. The minimum absolute atomic E-state index is 0.0756. The van der Waals surface area contributed by atoms with Crippen LogP contribution in [0, 0.1) is 0 Å². The van der Waals surface area contributed by atoms with Gasteiger partial charge in [0.2, 0.25) is 5.79 Å². The van der Waals surface area contributed by atoms with E-state index in [4.69, 9.17) is 33.0 Å². The standard InChI is InChI=1S/C15H11ClO3S.C9H8BrClO.C6H6O2S/c1-15(18)13(9-2-4-11(16)5-3-9)12(14(17)19-15)10-6-7-20-8-10;1-6(10)9(12)7-2-4-8(11)5-3-7;7-6(8)3-5-1-2-9-4-5/h2-8,18H,1H3;2-6H,1H3;1-2,4H,3H2,(H,7,8). The lowest BCUT2D eigenvalue weighted by atomic mass is 9.93. The highest BCUT2D eigenvalue weighted by Crippen LogP contribution is 2.43.